The van der Waals surface area contributed by atoms with Crippen molar-refractivity contribution in [2.75, 3.05) is 19.7 Å². The van der Waals surface area contributed by atoms with Gasteiger partial charge in [-0.15, -0.1) is 0 Å². The average Bonchev–Trinajstić information content (AvgIpc) is 2.99. The number of nitrogens with zero attached hydrogens (tertiary/aromatic N) is 1. The summed E-state index contributed by atoms with van der Waals surface area (Å²) in [7, 11) is 0. The molecule has 0 bridgehead atoms. The van der Waals surface area contributed by atoms with E-state index in [0.717, 1.165) is 32.4 Å². The molecule has 1 aromatic heterocycles. The fourth-order valence-corrected chi connectivity index (χ4v) is 4.80. The van der Waals surface area contributed by atoms with Crippen LogP contribution in [0.2, 0.25) is 0 Å². The largest absolute Gasteiger partial charge is 0.466 e. The predicted octanol–water partition coefficient (Wildman–Crippen LogP) is 3.47. The highest BCUT2D eigenvalue weighted by atomic mass is 16.5. The van der Waals surface area contributed by atoms with Crippen molar-refractivity contribution in [3.8, 4) is 0 Å². The number of aromatic nitrogens is 1. The molecule has 1 aliphatic heterocycles. The number of hydrogen-bond donors (Lipinski definition) is 1. The summed E-state index contributed by atoms with van der Waals surface area (Å²) >= 11 is 0. The molecule has 0 radical (unpaired) electrons. The lowest BCUT2D eigenvalue weighted by atomic mass is 9.72. The van der Waals surface area contributed by atoms with Crippen LogP contribution in [0.3, 0.4) is 0 Å². The molecule has 1 N–H and O–H groups in total. The quantitative estimate of drug-likeness (QED) is 0.875. The van der Waals surface area contributed by atoms with Gasteiger partial charge in [0.05, 0.1) is 6.61 Å². The zero-order valence-electron chi connectivity index (χ0n) is 14.5. The molecule has 3 atom stereocenters. The van der Waals surface area contributed by atoms with E-state index < -0.39 is 0 Å². The Morgan fingerprint density at radius 1 is 1.42 bits per heavy atom. The second kappa shape index (κ2) is 6.25. The normalized spacial score (nSPS) is 26.3. The second-order valence-corrected chi connectivity index (χ2v) is 7.36. The summed E-state index contributed by atoms with van der Waals surface area (Å²) in [5.74, 6) is 0.799. The van der Waals surface area contributed by atoms with Gasteiger partial charge in [-0.1, -0.05) is 19.1 Å². The minimum atomic E-state index is -0.169. The van der Waals surface area contributed by atoms with Crippen LogP contribution in [0.4, 0.5) is 0 Å². The third-order valence-corrected chi connectivity index (χ3v) is 5.69. The lowest BCUT2D eigenvalue weighted by molar-refractivity contribution is -0.143. The molecule has 4 nitrogen and oxygen atoms in total. The Hall–Kier alpha value is -1.81. The van der Waals surface area contributed by atoms with Crippen molar-refractivity contribution in [3.05, 3.63) is 35.5 Å². The van der Waals surface area contributed by atoms with E-state index in [1.165, 1.54) is 29.0 Å². The molecule has 4 rings (SSSR count). The van der Waals surface area contributed by atoms with Gasteiger partial charge >= 0.3 is 5.97 Å². The lowest BCUT2D eigenvalue weighted by Crippen LogP contribution is -2.51. The van der Waals surface area contributed by atoms with E-state index in [0.29, 0.717) is 24.5 Å². The molecule has 1 aromatic carbocycles. The van der Waals surface area contributed by atoms with Crippen LogP contribution in [0.1, 0.15) is 43.7 Å². The number of ether oxygens (including phenoxy) is 1. The minimum Gasteiger partial charge on any atom is -0.466 e. The van der Waals surface area contributed by atoms with Crippen molar-refractivity contribution in [3.63, 3.8) is 0 Å². The molecular weight excluding hydrogens is 300 g/mol. The van der Waals surface area contributed by atoms with Crippen molar-refractivity contribution in [1.29, 1.82) is 0 Å². The van der Waals surface area contributed by atoms with E-state index in [1.807, 2.05) is 0 Å². The molecule has 128 valence electrons. The number of benzene rings is 1. The molecule has 4 heteroatoms. The highest BCUT2D eigenvalue weighted by Gasteiger charge is 2.40. The van der Waals surface area contributed by atoms with Gasteiger partial charge in [-0.25, -0.2) is 0 Å². The van der Waals surface area contributed by atoms with E-state index in [2.05, 4.69) is 41.2 Å². The lowest BCUT2D eigenvalue weighted by Gasteiger charge is -2.47. The predicted molar refractivity (Wildman–Crippen MR) is 95.1 cm³/mol. The molecule has 0 spiro atoms. The molecular formula is C20H26N2O2. The Labute approximate surface area is 143 Å². The summed E-state index contributed by atoms with van der Waals surface area (Å²) in [5.41, 5.74) is 4.19. The fourth-order valence-electron chi connectivity index (χ4n) is 4.80. The van der Waals surface area contributed by atoms with Crippen molar-refractivity contribution in [2.24, 2.45) is 5.92 Å². The van der Waals surface area contributed by atoms with Gasteiger partial charge in [0.15, 0.2) is 0 Å². The third-order valence-electron chi connectivity index (χ3n) is 5.69. The van der Waals surface area contributed by atoms with Crippen molar-refractivity contribution < 1.29 is 9.53 Å². The average molecular weight is 326 g/mol. The highest BCUT2D eigenvalue weighted by molar-refractivity contribution is 5.88. The van der Waals surface area contributed by atoms with Gasteiger partial charge in [-0.05, 0) is 43.0 Å². The number of piperidine rings is 1. The summed E-state index contributed by atoms with van der Waals surface area (Å²) < 4.78 is 5.34. The van der Waals surface area contributed by atoms with Crippen LogP contribution >= 0.6 is 0 Å². The number of carbonyl (C=O) groups excluding carboxylic acids is 1. The van der Waals surface area contributed by atoms with Crippen LogP contribution in [0.5, 0.6) is 0 Å². The fraction of sp³-hybridized carbons (Fsp3) is 0.550. The van der Waals surface area contributed by atoms with E-state index >= 15 is 0 Å². The van der Waals surface area contributed by atoms with E-state index in [-0.39, 0.29) is 5.97 Å². The number of aromatic amines is 1. The highest BCUT2D eigenvalue weighted by Crippen LogP contribution is 2.44. The van der Waals surface area contributed by atoms with Gasteiger partial charge in [0.25, 0.3) is 0 Å². The van der Waals surface area contributed by atoms with Crippen molar-refractivity contribution in [2.45, 2.75) is 45.1 Å². The zero-order valence-corrected chi connectivity index (χ0v) is 14.5. The van der Waals surface area contributed by atoms with E-state index in [1.54, 1.807) is 0 Å². The first kappa shape index (κ1) is 15.7. The van der Waals surface area contributed by atoms with Crippen molar-refractivity contribution >= 4 is 16.9 Å². The molecule has 2 aromatic rings. The molecule has 1 fully saturated rings. The third kappa shape index (κ3) is 2.63. The Bertz CT molecular complexity index is 751. The summed E-state index contributed by atoms with van der Waals surface area (Å²) in [6.45, 7) is 6.46. The van der Waals surface area contributed by atoms with Crippen LogP contribution in [-0.2, 0) is 16.0 Å². The number of hydrogen-bond acceptors (Lipinski definition) is 3. The van der Waals surface area contributed by atoms with Gasteiger partial charge in [0.2, 0.25) is 0 Å². The van der Waals surface area contributed by atoms with Crippen LogP contribution in [0.15, 0.2) is 24.4 Å². The van der Waals surface area contributed by atoms with Gasteiger partial charge in [-0.2, -0.15) is 0 Å². The summed E-state index contributed by atoms with van der Waals surface area (Å²) in [6.07, 6.45) is 5.59. The van der Waals surface area contributed by atoms with Crippen LogP contribution < -0.4 is 0 Å². The topological polar surface area (TPSA) is 45.3 Å². The first-order chi connectivity index (χ1) is 11.7. The van der Waals surface area contributed by atoms with E-state index in [9.17, 15) is 4.79 Å². The minimum absolute atomic E-state index is 0.169. The summed E-state index contributed by atoms with van der Waals surface area (Å²) in [4.78, 5) is 17.3. The molecule has 2 heterocycles. The maximum atomic E-state index is 11.2. The Morgan fingerprint density at radius 3 is 3.08 bits per heavy atom. The SMILES string of the molecule is CCCN1CC(COC(C)=O)C[C@@H]2c3cccc4[nH]cc(c34)CC21. The van der Waals surface area contributed by atoms with Gasteiger partial charge in [-0.3, -0.25) is 9.69 Å². The molecule has 0 saturated carbocycles. The maximum absolute atomic E-state index is 11.2. The Kier molecular flexibility index (Phi) is 4.09. The number of carbonyl (C=O) groups is 1. The van der Waals surface area contributed by atoms with Crippen LogP contribution in [0, 0.1) is 5.92 Å². The number of rotatable bonds is 4. The summed E-state index contributed by atoms with van der Waals surface area (Å²) in [6, 6.07) is 7.22. The first-order valence-corrected chi connectivity index (χ1v) is 9.13. The van der Waals surface area contributed by atoms with Crippen LogP contribution in [0.25, 0.3) is 10.9 Å². The van der Waals surface area contributed by atoms with Crippen LogP contribution in [-0.4, -0.2) is 41.6 Å². The smallest absolute Gasteiger partial charge is 0.302 e. The Balaban J connectivity index is 1.68. The number of H-pyrrole nitrogens is 1. The molecule has 2 unspecified atom stereocenters. The Morgan fingerprint density at radius 2 is 2.29 bits per heavy atom. The molecule has 24 heavy (non-hydrogen) atoms. The van der Waals surface area contributed by atoms with Crippen molar-refractivity contribution in [1.82, 2.24) is 9.88 Å². The molecule has 1 saturated heterocycles. The van der Waals surface area contributed by atoms with E-state index in [4.69, 9.17) is 4.74 Å². The number of esters is 1. The maximum Gasteiger partial charge on any atom is 0.302 e. The molecule has 0 amide bonds. The summed E-state index contributed by atoms with van der Waals surface area (Å²) in [5, 5.41) is 1.43. The number of fused-ring (bicyclic) bond motifs is 2. The second-order valence-electron chi connectivity index (χ2n) is 7.36. The standard InChI is InChI=1S/C20H26N2O2/c1-3-7-22-11-14(12-24-13(2)23)8-17-16-5-4-6-18-20(16)15(10-21-18)9-19(17)22/h4-6,10,14,17,19,21H,3,7-9,11-12H2,1-2H3/t14?,17-,19?/m1/s1. The monoisotopic (exact) mass is 326 g/mol. The van der Waals surface area contributed by atoms with Gasteiger partial charge in [0, 0.05) is 48.4 Å². The molecule has 1 aliphatic carbocycles. The molecule has 2 aliphatic rings. The van der Waals surface area contributed by atoms with Gasteiger partial charge in [0.1, 0.15) is 0 Å². The first-order valence-electron chi connectivity index (χ1n) is 9.13. The number of likely N-dealkylation sites (tertiary alicyclic amines) is 1. The zero-order chi connectivity index (χ0) is 16.7. The number of nitrogens with one attached hydrogen (secondary N) is 1. The van der Waals surface area contributed by atoms with Gasteiger partial charge < -0.3 is 9.72 Å².